The first-order valence-corrected chi connectivity index (χ1v) is 9.34. The summed E-state index contributed by atoms with van der Waals surface area (Å²) in [6, 6.07) is 9.48. The van der Waals surface area contributed by atoms with Crippen molar-refractivity contribution in [2.24, 2.45) is 5.41 Å². The lowest BCUT2D eigenvalue weighted by Crippen LogP contribution is -2.31. The van der Waals surface area contributed by atoms with Crippen LogP contribution in [0.15, 0.2) is 24.3 Å². The van der Waals surface area contributed by atoms with Gasteiger partial charge in [0.1, 0.15) is 0 Å². The normalized spacial score (nSPS) is 20.1. The molecule has 2 rings (SSSR count). The van der Waals surface area contributed by atoms with Crippen LogP contribution in [0.1, 0.15) is 56.7 Å². The molecule has 0 fully saturated rings. The van der Waals surface area contributed by atoms with Crippen LogP contribution >= 0.6 is 11.8 Å². The molecule has 0 heterocycles. The van der Waals surface area contributed by atoms with E-state index in [1.807, 2.05) is 11.8 Å². The standard InChI is InChI=1S/C18H29NS/c1-18(2)14-15-10-6-7-11-16(15)17(18)19-12-8-4-5-9-13-20-3/h6-7,10-11,17,19H,4-5,8-9,12-14H2,1-3H3. The number of benzene rings is 1. The average molecular weight is 292 g/mol. The molecular weight excluding hydrogens is 262 g/mol. The van der Waals surface area contributed by atoms with Gasteiger partial charge in [-0.2, -0.15) is 11.8 Å². The third-order valence-corrected chi connectivity index (χ3v) is 5.11. The maximum Gasteiger partial charge on any atom is 0.0377 e. The van der Waals surface area contributed by atoms with Gasteiger partial charge in [0, 0.05) is 6.04 Å². The number of hydrogen-bond acceptors (Lipinski definition) is 2. The number of nitrogens with one attached hydrogen (secondary N) is 1. The van der Waals surface area contributed by atoms with Crippen molar-refractivity contribution in [1.82, 2.24) is 5.32 Å². The van der Waals surface area contributed by atoms with Crippen molar-refractivity contribution < 1.29 is 0 Å². The number of hydrogen-bond donors (Lipinski definition) is 1. The molecular formula is C18H29NS. The first-order chi connectivity index (χ1) is 9.65. The molecule has 1 unspecified atom stereocenters. The van der Waals surface area contributed by atoms with Gasteiger partial charge < -0.3 is 5.32 Å². The Morgan fingerprint density at radius 3 is 2.70 bits per heavy atom. The molecule has 2 heteroatoms. The van der Waals surface area contributed by atoms with Crippen LogP contribution in [0.2, 0.25) is 0 Å². The van der Waals surface area contributed by atoms with E-state index in [0.29, 0.717) is 11.5 Å². The molecule has 0 spiro atoms. The number of rotatable bonds is 8. The van der Waals surface area contributed by atoms with Gasteiger partial charge in [-0.15, -0.1) is 0 Å². The second kappa shape index (κ2) is 7.51. The van der Waals surface area contributed by atoms with Crippen molar-refractivity contribution in [3.8, 4) is 0 Å². The second-order valence-electron chi connectivity index (χ2n) is 6.66. The molecule has 1 aromatic carbocycles. The average Bonchev–Trinajstić information content (AvgIpc) is 2.68. The van der Waals surface area contributed by atoms with Crippen molar-refractivity contribution in [2.45, 2.75) is 52.0 Å². The summed E-state index contributed by atoms with van der Waals surface area (Å²) >= 11 is 1.96. The lowest BCUT2D eigenvalue weighted by atomic mass is 9.85. The van der Waals surface area contributed by atoms with Crippen molar-refractivity contribution in [2.75, 3.05) is 18.6 Å². The molecule has 0 saturated carbocycles. The zero-order chi connectivity index (χ0) is 14.4. The smallest absolute Gasteiger partial charge is 0.0377 e. The Balaban J connectivity index is 1.77. The summed E-state index contributed by atoms with van der Waals surface area (Å²) in [6.07, 6.45) is 8.83. The van der Waals surface area contributed by atoms with Gasteiger partial charge in [0.25, 0.3) is 0 Å². The van der Waals surface area contributed by atoms with Gasteiger partial charge in [0.2, 0.25) is 0 Å². The highest BCUT2D eigenvalue weighted by molar-refractivity contribution is 7.98. The molecule has 1 aliphatic rings. The minimum atomic E-state index is 0.350. The third kappa shape index (κ3) is 4.02. The van der Waals surface area contributed by atoms with Gasteiger partial charge >= 0.3 is 0 Å². The van der Waals surface area contributed by atoms with Crippen LogP contribution in [0, 0.1) is 5.41 Å². The molecule has 1 nitrogen and oxygen atoms in total. The first-order valence-electron chi connectivity index (χ1n) is 7.95. The zero-order valence-corrected chi connectivity index (χ0v) is 14.1. The fourth-order valence-corrected chi connectivity index (χ4v) is 3.84. The molecule has 20 heavy (non-hydrogen) atoms. The predicted octanol–water partition coefficient (Wildman–Crippen LogP) is 4.82. The van der Waals surface area contributed by atoms with Gasteiger partial charge in [-0.25, -0.2) is 0 Å². The summed E-state index contributed by atoms with van der Waals surface area (Å²) in [5, 5.41) is 3.81. The van der Waals surface area contributed by atoms with E-state index >= 15 is 0 Å². The van der Waals surface area contributed by atoms with E-state index in [-0.39, 0.29) is 0 Å². The van der Waals surface area contributed by atoms with Crippen LogP contribution < -0.4 is 5.32 Å². The molecule has 0 saturated heterocycles. The van der Waals surface area contributed by atoms with Crippen LogP contribution in [0.3, 0.4) is 0 Å². The largest absolute Gasteiger partial charge is 0.309 e. The van der Waals surface area contributed by atoms with Crippen molar-refractivity contribution in [3.63, 3.8) is 0 Å². The summed E-state index contributed by atoms with van der Waals surface area (Å²) in [5.41, 5.74) is 3.41. The van der Waals surface area contributed by atoms with Crippen LogP contribution in [-0.2, 0) is 6.42 Å². The Labute approximate surface area is 128 Å². The highest BCUT2D eigenvalue weighted by Crippen LogP contribution is 2.44. The minimum absolute atomic E-state index is 0.350. The maximum absolute atomic E-state index is 3.81. The minimum Gasteiger partial charge on any atom is -0.309 e. The summed E-state index contributed by atoms with van der Waals surface area (Å²) in [7, 11) is 0. The summed E-state index contributed by atoms with van der Waals surface area (Å²) in [5.74, 6) is 1.32. The quantitative estimate of drug-likeness (QED) is 0.689. The lowest BCUT2D eigenvalue weighted by molar-refractivity contribution is 0.268. The third-order valence-electron chi connectivity index (χ3n) is 4.42. The highest BCUT2D eigenvalue weighted by atomic mass is 32.2. The van der Waals surface area contributed by atoms with Gasteiger partial charge in [-0.05, 0) is 54.4 Å². The molecule has 1 aliphatic carbocycles. The van der Waals surface area contributed by atoms with E-state index < -0.39 is 0 Å². The summed E-state index contributed by atoms with van der Waals surface area (Å²) in [4.78, 5) is 0. The number of fused-ring (bicyclic) bond motifs is 1. The Morgan fingerprint density at radius 2 is 1.90 bits per heavy atom. The Kier molecular flexibility index (Phi) is 5.98. The first kappa shape index (κ1) is 15.9. The molecule has 1 atom stereocenters. The highest BCUT2D eigenvalue weighted by Gasteiger charge is 2.37. The van der Waals surface area contributed by atoms with Crippen molar-refractivity contribution >= 4 is 11.8 Å². The molecule has 0 aromatic heterocycles. The van der Waals surface area contributed by atoms with E-state index in [1.54, 1.807) is 0 Å². The van der Waals surface area contributed by atoms with E-state index in [1.165, 1.54) is 49.0 Å². The Bertz CT molecular complexity index is 414. The summed E-state index contributed by atoms with van der Waals surface area (Å²) < 4.78 is 0. The van der Waals surface area contributed by atoms with E-state index in [2.05, 4.69) is 49.7 Å². The van der Waals surface area contributed by atoms with Gasteiger partial charge in [-0.3, -0.25) is 0 Å². The Hall–Kier alpha value is -0.470. The summed E-state index contributed by atoms with van der Waals surface area (Å²) in [6.45, 7) is 5.94. The van der Waals surface area contributed by atoms with E-state index in [4.69, 9.17) is 0 Å². The number of unbranched alkanes of at least 4 members (excludes halogenated alkanes) is 3. The molecule has 112 valence electrons. The van der Waals surface area contributed by atoms with E-state index in [9.17, 15) is 0 Å². The van der Waals surface area contributed by atoms with Gasteiger partial charge in [0.05, 0.1) is 0 Å². The zero-order valence-electron chi connectivity index (χ0n) is 13.2. The molecule has 0 amide bonds. The van der Waals surface area contributed by atoms with Crippen molar-refractivity contribution in [3.05, 3.63) is 35.4 Å². The van der Waals surface area contributed by atoms with Crippen LogP contribution in [0.5, 0.6) is 0 Å². The predicted molar refractivity (Wildman–Crippen MR) is 91.5 cm³/mol. The molecule has 0 bridgehead atoms. The Morgan fingerprint density at radius 1 is 1.15 bits per heavy atom. The monoisotopic (exact) mass is 291 g/mol. The fraction of sp³-hybridized carbons (Fsp3) is 0.667. The second-order valence-corrected chi connectivity index (χ2v) is 7.64. The van der Waals surface area contributed by atoms with Gasteiger partial charge in [0.15, 0.2) is 0 Å². The fourth-order valence-electron chi connectivity index (χ4n) is 3.35. The van der Waals surface area contributed by atoms with Crippen LogP contribution in [-0.4, -0.2) is 18.6 Å². The molecule has 0 aliphatic heterocycles. The topological polar surface area (TPSA) is 12.0 Å². The molecule has 1 aromatic rings. The molecule has 0 radical (unpaired) electrons. The maximum atomic E-state index is 3.81. The lowest BCUT2D eigenvalue weighted by Gasteiger charge is -2.28. The molecule has 1 N–H and O–H groups in total. The van der Waals surface area contributed by atoms with Crippen molar-refractivity contribution in [1.29, 1.82) is 0 Å². The van der Waals surface area contributed by atoms with E-state index in [0.717, 1.165) is 6.54 Å². The number of thioether (sulfide) groups is 1. The SMILES string of the molecule is CSCCCCCCNC1c2ccccc2CC1(C)C. The van der Waals surface area contributed by atoms with Gasteiger partial charge in [-0.1, -0.05) is 51.0 Å². The van der Waals surface area contributed by atoms with Crippen LogP contribution in [0.4, 0.5) is 0 Å². The van der Waals surface area contributed by atoms with Crippen LogP contribution in [0.25, 0.3) is 0 Å².